The number of hydrogen-bond donors (Lipinski definition) is 2. The number of allylic oxidation sites excluding steroid dienone is 1. The molecule has 2 nitrogen and oxygen atoms in total. The van der Waals surface area contributed by atoms with Crippen LogP contribution in [-0.2, 0) is 0 Å². The minimum absolute atomic E-state index is 0.541. The molecule has 0 heterocycles. The SMILES string of the molecule is Cc1cccc(NC2CC=CCC2)c1N. The molecule has 3 N–H and O–H groups in total. The summed E-state index contributed by atoms with van der Waals surface area (Å²) >= 11 is 0. The Bertz CT molecular complexity index is 369. The molecule has 0 radical (unpaired) electrons. The van der Waals surface area contributed by atoms with Crippen LogP contribution in [0.4, 0.5) is 11.4 Å². The van der Waals surface area contributed by atoms with Crippen molar-refractivity contribution in [3.63, 3.8) is 0 Å². The molecule has 1 atom stereocenters. The largest absolute Gasteiger partial charge is 0.397 e. The van der Waals surface area contributed by atoms with Gasteiger partial charge in [-0.1, -0.05) is 24.3 Å². The zero-order valence-electron chi connectivity index (χ0n) is 9.16. The van der Waals surface area contributed by atoms with Gasteiger partial charge in [0.05, 0.1) is 11.4 Å². The topological polar surface area (TPSA) is 38.0 Å². The third kappa shape index (κ3) is 2.32. The highest BCUT2D eigenvalue weighted by Gasteiger charge is 2.10. The molecule has 0 spiro atoms. The predicted molar refractivity (Wildman–Crippen MR) is 66.0 cm³/mol. The summed E-state index contributed by atoms with van der Waals surface area (Å²) in [5, 5.41) is 3.51. The van der Waals surface area contributed by atoms with Crippen molar-refractivity contribution in [2.24, 2.45) is 0 Å². The zero-order valence-corrected chi connectivity index (χ0v) is 9.16. The van der Waals surface area contributed by atoms with Crippen LogP contribution in [0.15, 0.2) is 30.4 Å². The van der Waals surface area contributed by atoms with E-state index in [1.165, 1.54) is 12.8 Å². The van der Waals surface area contributed by atoms with Gasteiger partial charge >= 0.3 is 0 Å². The first-order valence-corrected chi connectivity index (χ1v) is 5.54. The quantitative estimate of drug-likeness (QED) is 0.571. The van der Waals surface area contributed by atoms with Crippen molar-refractivity contribution in [3.05, 3.63) is 35.9 Å². The molecule has 1 aromatic rings. The maximum Gasteiger partial charge on any atom is 0.0579 e. The van der Waals surface area contributed by atoms with Gasteiger partial charge in [-0.25, -0.2) is 0 Å². The number of nitrogen functional groups attached to an aromatic ring is 1. The first kappa shape index (κ1) is 10.1. The molecule has 0 fully saturated rings. The minimum Gasteiger partial charge on any atom is -0.397 e. The number of anilines is 2. The Balaban J connectivity index is 2.10. The maximum atomic E-state index is 6.02. The van der Waals surface area contributed by atoms with E-state index in [0.29, 0.717) is 6.04 Å². The third-order valence-corrected chi connectivity index (χ3v) is 2.95. The Labute approximate surface area is 91.2 Å². The summed E-state index contributed by atoms with van der Waals surface area (Å²) in [4.78, 5) is 0. The van der Waals surface area contributed by atoms with Gasteiger partial charge in [0.2, 0.25) is 0 Å². The second-order valence-electron chi connectivity index (χ2n) is 4.16. The fourth-order valence-corrected chi connectivity index (χ4v) is 1.95. The summed E-state index contributed by atoms with van der Waals surface area (Å²) < 4.78 is 0. The lowest BCUT2D eigenvalue weighted by Gasteiger charge is -2.22. The normalized spacial score (nSPS) is 20.2. The van der Waals surface area contributed by atoms with Gasteiger partial charge in [-0.2, -0.15) is 0 Å². The Morgan fingerprint density at radius 3 is 2.93 bits per heavy atom. The van der Waals surface area contributed by atoms with Crippen molar-refractivity contribution < 1.29 is 0 Å². The second kappa shape index (κ2) is 4.39. The smallest absolute Gasteiger partial charge is 0.0579 e. The molecule has 1 aromatic carbocycles. The minimum atomic E-state index is 0.541. The molecule has 80 valence electrons. The van der Waals surface area contributed by atoms with Crippen molar-refractivity contribution >= 4 is 11.4 Å². The Morgan fingerprint density at radius 1 is 1.33 bits per heavy atom. The van der Waals surface area contributed by atoms with E-state index in [1.807, 2.05) is 19.1 Å². The molecule has 0 aromatic heterocycles. The van der Waals surface area contributed by atoms with Crippen LogP contribution in [0.2, 0.25) is 0 Å². The molecule has 2 heteroatoms. The highest BCUT2D eigenvalue weighted by molar-refractivity contribution is 5.69. The molecular weight excluding hydrogens is 184 g/mol. The van der Waals surface area contributed by atoms with Crippen molar-refractivity contribution in [2.75, 3.05) is 11.1 Å². The van der Waals surface area contributed by atoms with E-state index in [1.54, 1.807) is 0 Å². The molecular formula is C13H18N2. The van der Waals surface area contributed by atoms with Gasteiger partial charge in [-0.05, 0) is 37.8 Å². The summed E-state index contributed by atoms with van der Waals surface area (Å²) in [6.07, 6.45) is 7.96. The summed E-state index contributed by atoms with van der Waals surface area (Å²) in [6.45, 7) is 2.04. The van der Waals surface area contributed by atoms with Crippen LogP contribution in [0.1, 0.15) is 24.8 Å². The number of hydrogen-bond acceptors (Lipinski definition) is 2. The Hall–Kier alpha value is -1.44. The number of aryl methyl sites for hydroxylation is 1. The maximum absolute atomic E-state index is 6.02. The molecule has 2 rings (SSSR count). The fourth-order valence-electron chi connectivity index (χ4n) is 1.95. The van der Waals surface area contributed by atoms with E-state index in [9.17, 15) is 0 Å². The van der Waals surface area contributed by atoms with Gasteiger partial charge in [-0.15, -0.1) is 0 Å². The highest BCUT2D eigenvalue weighted by atomic mass is 14.9. The van der Waals surface area contributed by atoms with Crippen LogP contribution in [0, 0.1) is 6.92 Å². The van der Waals surface area contributed by atoms with Gasteiger partial charge in [-0.3, -0.25) is 0 Å². The first-order chi connectivity index (χ1) is 7.27. The molecule has 0 saturated carbocycles. The number of para-hydroxylation sites is 1. The van der Waals surface area contributed by atoms with E-state index in [2.05, 4.69) is 23.5 Å². The lowest BCUT2D eigenvalue weighted by atomic mass is 10.0. The second-order valence-corrected chi connectivity index (χ2v) is 4.16. The highest BCUT2D eigenvalue weighted by Crippen LogP contribution is 2.25. The number of benzene rings is 1. The van der Waals surface area contributed by atoms with Crippen LogP contribution in [0.3, 0.4) is 0 Å². The molecule has 0 aliphatic heterocycles. The van der Waals surface area contributed by atoms with Crippen molar-refractivity contribution in [1.82, 2.24) is 0 Å². The van der Waals surface area contributed by atoms with Crippen LogP contribution in [0.5, 0.6) is 0 Å². The molecule has 0 saturated heterocycles. The first-order valence-electron chi connectivity index (χ1n) is 5.54. The molecule has 1 unspecified atom stereocenters. The summed E-state index contributed by atoms with van der Waals surface area (Å²) in [5.41, 5.74) is 9.12. The summed E-state index contributed by atoms with van der Waals surface area (Å²) in [6, 6.07) is 6.69. The van der Waals surface area contributed by atoms with Crippen molar-refractivity contribution in [2.45, 2.75) is 32.2 Å². The zero-order chi connectivity index (χ0) is 10.7. The van der Waals surface area contributed by atoms with E-state index in [0.717, 1.165) is 23.4 Å². The van der Waals surface area contributed by atoms with Gasteiger partial charge in [0, 0.05) is 6.04 Å². The van der Waals surface area contributed by atoms with Gasteiger partial charge in [0.15, 0.2) is 0 Å². The average Bonchev–Trinajstić information content (AvgIpc) is 2.26. The van der Waals surface area contributed by atoms with Crippen LogP contribution >= 0.6 is 0 Å². The van der Waals surface area contributed by atoms with Crippen molar-refractivity contribution in [3.8, 4) is 0 Å². The lowest BCUT2D eigenvalue weighted by Crippen LogP contribution is -2.21. The summed E-state index contributed by atoms with van der Waals surface area (Å²) in [7, 11) is 0. The summed E-state index contributed by atoms with van der Waals surface area (Å²) in [5.74, 6) is 0. The molecule has 0 bridgehead atoms. The number of nitrogens with one attached hydrogen (secondary N) is 1. The van der Waals surface area contributed by atoms with Gasteiger partial charge in [0.25, 0.3) is 0 Å². The molecule has 0 amide bonds. The number of rotatable bonds is 2. The predicted octanol–water partition coefficient (Wildman–Crippen LogP) is 3.10. The fraction of sp³-hybridized carbons (Fsp3) is 0.385. The van der Waals surface area contributed by atoms with E-state index >= 15 is 0 Å². The van der Waals surface area contributed by atoms with E-state index in [4.69, 9.17) is 5.73 Å². The third-order valence-electron chi connectivity index (χ3n) is 2.95. The lowest BCUT2D eigenvalue weighted by molar-refractivity contribution is 0.645. The number of nitrogens with two attached hydrogens (primary N) is 1. The monoisotopic (exact) mass is 202 g/mol. The molecule has 1 aliphatic carbocycles. The molecule has 15 heavy (non-hydrogen) atoms. The standard InChI is InChI=1S/C13H18N2/c1-10-6-5-9-12(13(10)14)15-11-7-3-2-4-8-11/h2-3,5-6,9,11,15H,4,7-8,14H2,1H3. The Kier molecular flexibility index (Phi) is 2.95. The Morgan fingerprint density at radius 2 is 2.20 bits per heavy atom. The van der Waals surface area contributed by atoms with E-state index < -0.39 is 0 Å². The molecule has 1 aliphatic rings. The van der Waals surface area contributed by atoms with Crippen LogP contribution < -0.4 is 11.1 Å². The average molecular weight is 202 g/mol. The van der Waals surface area contributed by atoms with Gasteiger partial charge in [0.1, 0.15) is 0 Å². The van der Waals surface area contributed by atoms with E-state index in [-0.39, 0.29) is 0 Å². The van der Waals surface area contributed by atoms with Crippen LogP contribution in [0.25, 0.3) is 0 Å². The van der Waals surface area contributed by atoms with Crippen molar-refractivity contribution in [1.29, 1.82) is 0 Å². The van der Waals surface area contributed by atoms with Crippen LogP contribution in [-0.4, -0.2) is 6.04 Å². The van der Waals surface area contributed by atoms with Gasteiger partial charge < -0.3 is 11.1 Å².